The summed E-state index contributed by atoms with van der Waals surface area (Å²) in [6.07, 6.45) is 10.2. The molecule has 1 aliphatic heterocycles. The van der Waals surface area contributed by atoms with Crippen molar-refractivity contribution in [1.29, 1.82) is 0 Å². The molecule has 1 aromatic carbocycles. The van der Waals surface area contributed by atoms with Crippen LogP contribution in [0.5, 0.6) is 0 Å². The summed E-state index contributed by atoms with van der Waals surface area (Å²) in [6.45, 7) is 4.10. The molecule has 0 spiro atoms. The van der Waals surface area contributed by atoms with E-state index in [0.717, 1.165) is 12.8 Å². The number of ether oxygens (including phenoxy) is 2. The van der Waals surface area contributed by atoms with Crippen molar-refractivity contribution in [2.75, 3.05) is 0 Å². The number of fused-ring (bicyclic) bond motifs is 8. The Kier molecular flexibility index (Phi) is 4.66. The zero-order valence-electron chi connectivity index (χ0n) is 13.4. The number of rotatable bonds is 0. The van der Waals surface area contributed by atoms with E-state index in [1.165, 1.54) is 49.7 Å². The monoisotopic (exact) mass is 288 g/mol. The van der Waals surface area contributed by atoms with Gasteiger partial charge < -0.3 is 9.47 Å². The zero-order chi connectivity index (χ0) is 14.7. The standard InChI is InChI=1S/C19H28O2/c1-19(2)20-17-9-5-3-7-15-11-13-16(14-12-15)8-4-6-10-18(17)21-19/h11-14,17-18H,3-10H2,1-2H3. The second-order valence-electron chi connectivity index (χ2n) is 7.02. The summed E-state index contributed by atoms with van der Waals surface area (Å²) < 4.78 is 12.2. The fourth-order valence-corrected chi connectivity index (χ4v) is 3.62. The average Bonchev–Trinajstić information content (AvgIpc) is 2.75. The van der Waals surface area contributed by atoms with Crippen molar-refractivity contribution in [3.05, 3.63) is 35.4 Å². The van der Waals surface area contributed by atoms with Gasteiger partial charge in [-0.05, 0) is 63.5 Å². The molecule has 1 saturated heterocycles. The number of aryl methyl sites for hydroxylation is 2. The molecule has 2 heteroatoms. The van der Waals surface area contributed by atoms with Crippen molar-refractivity contribution < 1.29 is 9.47 Å². The third kappa shape index (κ3) is 4.08. The van der Waals surface area contributed by atoms with Crippen LogP contribution < -0.4 is 0 Å². The smallest absolute Gasteiger partial charge is 0.163 e. The van der Waals surface area contributed by atoms with Gasteiger partial charge in [0.1, 0.15) is 0 Å². The molecular formula is C19H28O2. The summed E-state index contributed by atoms with van der Waals surface area (Å²) in [4.78, 5) is 0. The first kappa shape index (κ1) is 15.1. The van der Waals surface area contributed by atoms with Crippen molar-refractivity contribution in [3.8, 4) is 0 Å². The van der Waals surface area contributed by atoms with Gasteiger partial charge in [-0.15, -0.1) is 0 Å². The van der Waals surface area contributed by atoms with Gasteiger partial charge in [0.15, 0.2) is 5.79 Å². The molecule has 4 rings (SSSR count). The fourth-order valence-electron chi connectivity index (χ4n) is 3.62. The first-order valence-electron chi connectivity index (χ1n) is 8.56. The van der Waals surface area contributed by atoms with Crippen LogP contribution in [0.4, 0.5) is 0 Å². The minimum Gasteiger partial charge on any atom is -0.345 e. The first-order chi connectivity index (χ1) is 10.1. The van der Waals surface area contributed by atoms with Crippen LogP contribution in [-0.4, -0.2) is 18.0 Å². The molecule has 0 radical (unpaired) electrons. The largest absolute Gasteiger partial charge is 0.345 e. The van der Waals surface area contributed by atoms with Crippen LogP contribution in [0.15, 0.2) is 24.3 Å². The van der Waals surface area contributed by atoms with E-state index in [1.54, 1.807) is 0 Å². The van der Waals surface area contributed by atoms with Crippen LogP contribution in [-0.2, 0) is 22.3 Å². The molecule has 1 fully saturated rings. The molecule has 0 amide bonds. The van der Waals surface area contributed by atoms with Gasteiger partial charge in [-0.2, -0.15) is 0 Å². The molecule has 3 aliphatic rings. The highest BCUT2D eigenvalue weighted by atomic mass is 16.7. The molecule has 2 atom stereocenters. The lowest BCUT2D eigenvalue weighted by Crippen LogP contribution is -2.22. The Morgan fingerprint density at radius 2 is 1.19 bits per heavy atom. The molecule has 2 bridgehead atoms. The van der Waals surface area contributed by atoms with E-state index in [9.17, 15) is 0 Å². The quantitative estimate of drug-likeness (QED) is 0.692. The summed E-state index contributed by atoms with van der Waals surface area (Å²) in [5.41, 5.74) is 2.94. The molecule has 2 nitrogen and oxygen atoms in total. The Morgan fingerprint density at radius 3 is 1.62 bits per heavy atom. The van der Waals surface area contributed by atoms with Crippen molar-refractivity contribution in [2.45, 2.75) is 83.2 Å². The Labute approximate surface area is 128 Å². The molecule has 0 saturated carbocycles. The van der Waals surface area contributed by atoms with E-state index in [0.29, 0.717) is 12.2 Å². The van der Waals surface area contributed by atoms with Gasteiger partial charge >= 0.3 is 0 Å². The maximum atomic E-state index is 6.11. The van der Waals surface area contributed by atoms with Gasteiger partial charge in [0, 0.05) is 0 Å². The lowest BCUT2D eigenvalue weighted by Gasteiger charge is -2.17. The van der Waals surface area contributed by atoms with E-state index >= 15 is 0 Å². The molecule has 0 aromatic heterocycles. The minimum atomic E-state index is -0.394. The Bertz CT molecular complexity index is 408. The van der Waals surface area contributed by atoms with Crippen LogP contribution in [0.2, 0.25) is 0 Å². The van der Waals surface area contributed by atoms with E-state index < -0.39 is 5.79 Å². The van der Waals surface area contributed by atoms with Gasteiger partial charge in [-0.3, -0.25) is 0 Å². The van der Waals surface area contributed by atoms with Crippen molar-refractivity contribution >= 4 is 0 Å². The van der Waals surface area contributed by atoms with Crippen LogP contribution in [0.25, 0.3) is 0 Å². The van der Waals surface area contributed by atoms with Crippen molar-refractivity contribution in [2.24, 2.45) is 0 Å². The molecule has 21 heavy (non-hydrogen) atoms. The van der Waals surface area contributed by atoms with Gasteiger partial charge in [-0.1, -0.05) is 37.1 Å². The van der Waals surface area contributed by atoms with Crippen LogP contribution in [0.3, 0.4) is 0 Å². The summed E-state index contributed by atoms with van der Waals surface area (Å²) in [7, 11) is 0. The average molecular weight is 288 g/mol. The predicted octanol–water partition coefficient (Wildman–Crippen LogP) is 4.65. The zero-order valence-corrected chi connectivity index (χ0v) is 13.4. The van der Waals surface area contributed by atoms with Crippen LogP contribution >= 0.6 is 0 Å². The molecule has 2 unspecified atom stereocenters. The highest BCUT2D eigenvalue weighted by Gasteiger charge is 2.40. The van der Waals surface area contributed by atoms with Crippen LogP contribution in [0, 0.1) is 0 Å². The Hall–Kier alpha value is -0.860. The van der Waals surface area contributed by atoms with Crippen molar-refractivity contribution in [3.63, 3.8) is 0 Å². The third-order valence-electron chi connectivity index (χ3n) is 4.72. The van der Waals surface area contributed by atoms with Crippen LogP contribution in [0.1, 0.15) is 63.5 Å². The van der Waals surface area contributed by atoms with Gasteiger partial charge in [-0.25, -0.2) is 0 Å². The second-order valence-corrected chi connectivity index (χ2v) is 7.02. The predicted molar refractivity (Wildman–Crippen MR) is 85.4 cm³/mol. The molecule has 1 aromatic rings. The van der Waals surface area contributed by atoms with Gasteiger partial charge in [0.2, 0.25) is 0 Å². The highest BCUT2D eigenvalue weighted by molar-refractivity contribution is 5.22. The Balaban J connectivity index is 1.65. The number of hydrogen-bond acceptors (Lipinski definition) is 2. The third-order valence-corrected chi connectivity index (χ3v) is 4.72. The summed E-state index contributed by atoms with van der Waals surface area (Å²) in [6, 6.07) is 9.23. The van der Waals surface area contributed by atoms with Crippen molar-refractivity contribution in [1.82, 2.24) is 0 Å². The SMILES string of the molecule is CC1(C)OC2CCCCc3ccc(cc3)CCCCC2O1. The molecule has 0 N–H and O–H groups in total. The summed E-state index contributed by atoms with van der Waals surface area (Å²) in [5, 5.41) is 0. The highest BCUT2D eigenvalue weighted by Crippen LogP contribution is 2.33. The molecule has 116 valence electrons. The molecular weight excluding hydrogens is 260 g/mol. The minimum absolute atomic E-state index is 0.295. The van der Waals surface area contributed by atoms with E-state index in [1.807, 2.05) is 13.8 Å². The normalized spacial score (nSPS) is 29.8. The summed E-state index contributed by atoms with van der Waals surface area (Å²) >= 11 is 0. The topological polar surface area (TPSA) is 18.5 Å². The van der Waals surface area contributed by atoms with Gasteiger partial charge in [0.25, 0.3) is 0 Å². The molecule has 1 heterocycles. The van der Waals surface area contributed by atoms with E-state index in [-0.39, 0.29) is 0 Å². The maximum Gasteiger partial charge on any atom is 0.163 e. The first-order valence-corrected chi connectivity index (χ1v) is 8.56. The number of benzene rings is 1. The lowest BCUT2D eigenvalue weighted by atomic mass is 9.97. The fraction of sp³-hybridized carbons (Fsp3) is 0.684. The maximum absolute atomic E-state index is 6.11. The number of hydrogen-bond donors (Lipinski definition) is 0. The second kappa shape index (κ2) is 6.50. The Morgan fingerprint density at radius 1 is 0.762 bits per heavy atom. The lowest BCUT2D eigenvalue weighted by molar-refractivity contribution is -0.147. The van der Waals surface area contributed by atoms with Gasteiger partial charge in [0.05, 0.1) is 12.2 Å². The molecule has 2 aliphatic carbocycles. The summed E-state index contributed by atoms with van der Waals surface area (Å²) in [5.74, 6) is -0.394. The van der Waals surface area contributed by atoms with E-state index in [4.69, 9.17) is 9.47 Å². The van der Waals surface area contributed by atoms with E-state index in [2.05, 4.69) is 24.3 Å².